The predicted octanol–water partition coefficient (Wildman–Crippen LogP) is 6.06. The summed E-state index contributed by atoms with van der Waals surface area (Å²) >= 11 is 0. The second-order valence-corrected chi connectivity index (χ2v) is 11.8. The third kappa shape index (κ3) is 8.41. The molecule has 46 heavy (non-hydrogen) atoms. The maximum atomic E-state index is 13.8. The van der Waals surface area contributed by atoms with Crippen molar-refractivity contribution in [3.63, 3.8) is 0 Å². The number of hydrogen-bond donors (Lipinski definition) is 3. The average Bonchev–Trinajstić information content (AvgIpc) is 3.48. The van der Waals surface area contributed by atoms with E-state index in [-0.39, 0.29) is 36.0 Å². The lowest BCUT2D eigenvalue weighted by atomic mass is 9.81. The molecule has 2 unspecified atom stereocenters. The van der Waals surface area contributed by atoms with Gasteiger partial charge in [0.2, 0.25) is 11.9 Å². The van der Waals surface area contributed by atoms with Crippen LogP contribution in [0.25, 0.3) is 11.1 Å². The van der Waals surface area contributed by atoms with Gasteiger partial charge in [-0.1, -0.05) is 49.7 Å². The first kappa shape index (κ1) is 32.5. The Morgan fingerprint density at radius 1 is 1.09 bits per heavy atom. The van der Waals surface area contributed by atoms with E-state index in [9.17, 15) is 18.8 Å². The zero-order valence-corrected chi connectivity index (χ0v) is 26.1. The van der Waals surface area contributed by atoms with E-state index in [0.29, 0.717) is 19.0 Å². The maximum absolute atomic E-state index is 13.8. The molecular weight excluding hydrogens is 588 g/mol. The zero-order chi connectivity index (χ0) is 32.5. The van der Waals surface area contributed by atoms with Crippen LogP contribution in [0.4, 0.5) is 20.5 Å². The number of anilines is 2. The number of benzene rings is 1. The van der Waals surface area contributed by atoms with E-state index in [1.807, 2.05) is 61.8 Å². The van der Waals surface area contributed by atoms with E-state index in [0.717, 1.165) is 48.1 Å². The van der Waals surface area contributed by atoms with Crippen LogP contribution in [0.15, 0.2) is 67.3 Å². The van der Waals surface area contributed by atoms with E-state index in [4.69, 9.17) is 4.98 Å². The Morgan fingerprint density at radius 2 is 1.89 bits per heavy atom. The lowest BCUT2D eigenvalue weighted by Gasteiger charge is -2.35. The lowest BCUT2D eigenvalue weighted by Crippen LogP contribution is -2.44. The molecule has 0 bridgehead atoms. The summed E-state index contributed by atoms with van der Waals surface area (Å²) in [6, 6.07) is 15.3. The molecule has 1 aliphatic rings. The van der Waals surface area contributed by atoms with Crippen molar-refractivity contribution in [1.82, 2.24) is 30.0 Å². The molecule has 0 saturated heterocycles. The van der Waals surface area contributed by atoms with Crippen molar-refractivity contribution >= 4 is 17.7 Å². The van der Waals surface area contributed by atoms with Gasteiger partial charge in [-0.3, -0.25) is 14.5 Å². The summed E-state index contributed by atoms with van der Waals surface area (Å²) in [7, 11) is 1.87. The van der Waals surface area contributed by atoms with Gasteiger partial charge < -0.3 is 16.0 Å². The first-order valence-electron chi connectivity index (χ1n) is 15.7. The van der Waals surface area contributed by atoms with Crippen LogP contribution in [0.3, 0.4) is 0 Å². The SMILES string of the molecule is CCCC(CCCNc1ncc(C#N)c(NC2CC(F)(F)C2)n1)C(C(=O)NCc1ccccc1)c1ccc(-c2cnn(C)c2)cn1. The summed E-state index contributed by atoms with van der Waals surface area (Å²) in [4.78, 5) is 27.2. The van der Waals surface area contributed by atoms with Crippen molar-refractivity contribution in [3.05, 3.63) is 84.1 Å². The highest BCUT2D eigenvalue weighted by molar-refractivity contribution is 5.83. The highest BCUT2D eigenvalue weighted by Crippen LogP contribution is 2.39. The summed E-state index contributed by atoms with van der Waals surface area (Å²) in [5.74, 6) is -2.61. The van der Waals surface area contributed by atoms with Gasteiger partial charge in [-0.15, -0.1) is 0 Å². The van der Waals surface area contributed by atoms with E-state index < -0.39 is 17.9 Å². The van der Waals surface area contributed by atoms with Crippen molar-refractivity contribution in [3.8, 4) is 17.2 Å². The molecule has 5 rings (SSSR count). The molecule has 1 saturated carbocycles. The van der Waals surface area contributed by atoms with Gasteiger partial charge in [-0.2, -0.15) is 15.3 Å². The molecule has 0 spiro atoms. The van der Waals surface area contributed by atoms with Gasteiger partial charge in [0, 0.05) is 62.5 Å². The topological polar surface area (TPSA) is 133 Å². The number of hydrogen-bond acceptors (Lipinski definition) is 8. The number of carbonyl (C=O) groups is 1. The quantitative estimate of drug-likeness (QED) is 0.136. The summed E-state index contributed by atoms with van der Waals surface area (Å²) in [6.07, 6.45) is 9.54. The van der Waals surface area contributed by atoms with E-state index in [1.54, 1.807) is 17.1 Å². The highest BCUT2D eigenvalue weighted by atomic mass is 19.3. The molecule has 4 aromatic rings. The molecule has 1 amide bonds. The van der Waals surface area contributed by atoms with Crippen LogP contribution in [0, 0.1) is 17.2 Å². The molecule has 0 aliphatic heterocycles. The highest BCUT2D eigenvalue weighted by Gasteiger charge is 2.45. The minimum absolute atomic E-state index is 0.0266. The Labute approximate surface area is 267 Å². The van der Waals surface area contributed by atoms with Gasteiger partial charge in [0.1, 0.15) is 17.5 Å². The first-order valence-corrected chi connectivity index (χ1v) is 15.7. The van der Waals surface area contributed by atoms with Crippen molar-refractivity contribution in [1.29, 1.82) is 5.26 Å². The molecular formula is C34H39F2N9O. The minimum Gasteiger partial charge on any atom is -0.366 e. The summed E-state index contributed by atoms with van der Waals surface area (Å²) < 4.78 is 28.4. The Balaban J connectivity index is 1.26. The fourth-order valence-corrected chi connectivity index (χ4v) is 5.84. The summed E-state index contributed by atoms with van der Waals surface area (Å²) in [5, 5.41) is 23.0. The monoisotopic (exact) mass is 627 g/mol. The van der Waals surface area contributed by atoms with Crippen LogP contribution < -0.4 is 16.0 Å². The Kier molecular flexibility index (Phi) is 10.5. The maximum Gasteiger partial charge on any atom is 0.252 e. The fraction of sp³-hybridized carbons (Fsp3) is 0.412. The normalized spacial score (nSPS) is 15.3. The average molecular weight is 628 g/mol. The molecule has 12 heteroatoms. The number of pyridine rings is 1. The number of halogens is 2. The van der Waals surface area contributed by atoms with Crippen LogP contribution in [0.5, 0.6) is 0 Å². The largest absolute Gasteiger partial charge is 0.366 e. The summed E-state index contributed by atoms with van der Waals surface area (Å²) in [6.45, 7) is 3.06. The van der Waals surface area contributed by atoms with Crippen molar-refractivity contribution in [2.45, 2.75) is 69.9 Å². The van der Waals surface area contributed by atoms with Gasteiger partial charge in [-0.25, -0.2) is 13.8 Å². The van der Waals surface area contributed by atoms with Crippen LogP contribution in [-0.4, -0.2) is 49.1 Å². The standard InChI is InChI=1S/C34H39F2N9O/c1-3-8-24(11-7-14-38-33-41-20-26(17-37)31(44-33)43-28-15-34(35,36)16-28)30(32(46)40-18-23-9-5-4-6-10-23)29-13-12-25(19-39-29)27-21-42-45(2)22-27/h4-6,9-10,12-13,19-22,24,28,30H,3,7-8,11,14-16,18H2,1-2H3,(H,40,46)(H2,38,41,43,44). The number of alkyl halides is 2. The second-order valence-electron chi connectivity index (χ2n) is 11.8. The van der Waals surface area contributed by atoms with E-state index in [1.165, 1.54) is 6.20 Å². The molecule has 3 heterocycles. The first-order chi connectivity index (χ1) is 22.2. The molecule has 10 nitrogen and oxygen atoms in total. The van der Waals surface area contributed by atoms with Gasteiger partial charge >= 0.3 is 0 Å². The third-order valence-electron chi connectivity index (χ3n) is 8.24. The molecule has 1 aliphatic carbocycles. The van der Waals surface area contributed by atoms with Gasteiger partial charge in [0.15, 0.2) is 0 Å². The van der Waals surface area contributed by atoms with Crippen molar-refractivity contribution < 1.29 is 13.6 Å². The lowest BCUT2D eigenvalue weighted by molar-refractivity contribution is -0.124. The zero-order valence-electron chi connectivity index (χ0n) is 26.1. The van der Waals surface area contributed by atoms with Crippen molar-refractivity contribution in [2.24, 2.45) is 13.0 Å². The van der Waals surface area contributed by atoms with Gasteiger partial charge in [0.05, 0.1) is 24.0 Å². The molecule has 2 atom stereocenters. The number of nitrogens with zero attached hydrogens (tertiary/aromatic N) is 6. The number of aromatic nitrogens is 5. The fourth-order valence-electron chi connectivity index (χ4n) is 5.84. The Hall–Kier alpha value is -4.92. The minimum atomic E-state index is -2.68. The number of amides is 1. The van der Waals surface area contributed by atoms with Crippen LogP contribution in [0.1, 0.15) is 68.2 Å². The number of nitrogens with one attached hydrogen (secondary N) is 3. The number of nitriles is 1. The predicted molar refractivity (Wildman–Crippen MR) is 172 cm³/mol. The molecule has 0 radical (unpaired) electrons. The number of carbonyl (C=O) groups excluding carboxylic acids is 1. The van der Waals surface area contributed by atoms with Crippen molar-refractivity contribution in [2.75, 3.05) is 17.2 Å². The van der Waals surface area contributed by atoms with Crippen LogP contribution >= 0.6 is 0 Å². The molecule has 3 aromatic heterocycles. The van der Waals surface area contributed by atoms with E-state index >= 15 is 0 Å². The summed E-state index contributed by atoms with van der Waals surface area (Å²) in [5.41, 5.74) is 3.83. The smallest absolute Gasteiger partial charge is 0.252 e. The molecule has 1 aromatic carbocycles. The molecule has 3 N–H and O–H groups in total. The molecule has 240 valence electrons. The number of rotatable bonds is 15. The second kappa shape index (κ2) is 14.9. The third-order valence-corrected chi connectivity index (χ3v) is 8.24. The van der Waals surface area contributed by atoms with Gasteiger partial charge in [0.25, 0.3) is 5.92 Å². The number of aryl methyl sites for hydroxylation is 1. The van der Waals surface area contributed by atoms with Crippen LogP contribution in [-0.2, 0) is 18.4 Å². The Bertz CT molecular complexity index is 1630. The van der Waals surface area contributed by atoms with E-state index in [2.05, 4.69) is 37.9 Å². The van der Waals surface area contributed by atoms with Crippen LogP contribution in [0.2, 0.25) is 0 Å². The Morgan fingerprint density at radius 3 is 2.54 bits per heavy atom. The molecule has 1 fully saturated rings. The van der Waals surface area contributed by atoms with Gasteiger partial charge in [-0.05, 0) is 36.8 Å².